The van der Waals surface area contributed by atoms with Crippen molar-refractivity contribution in [3.05, 3.63) is 152 Å². The maximum Gasteiger partial charge on any atom is 0.276 e. The Bertz CT molecular complexity index is 1720. The fourth-order valence-electron chi connectivity index (χ4n) is 5.33. The molecule has 0 unspecified atom stereocenters. The van der Waals surface area contributed by atoms with E-state index >= 15 is 0 Å². The van der Waals surface area contributed by atoms with E-state index in [4.69, 9.17) is 0 Å². The molecule has 0 saturated carbocycles. The fourth-order valence-corrected chi connectivity index (χ4v) is 5.33. The van der Waals surface area contributed by atoms with Gasteiger partial charge in [-0.15, -0.1) is 0 Å². The van der Waals surface area contributed by atoms with Gasteiger partial charge in [-0.05, 0) is 55.3 Å². The van der Waals surface area contributed by atoms with Gasteiger partial charge in [0.25, 0.3) is 17.5 Å². The molecule has 196 valence electrons. The van der Waals surface area contributed by atoms with Crippen LogP contribution in [0.15, 0.2) is 120 Å². The zero-order chi connectivity index (χ0) is 28.0. The first-order chi connectivity index (χ1) is 19.3. The molecule has 2 aliphatic heterocycles. The molecule has 40 heavy (non-hydrogen) atoms. The monoisotopic (exact) mass is 527 g/mol. The largest absolute Gasteiger partial charge is 0.295 e. The smallest absolute Gasteiger partial charge is 0.276 e. The van der Waals surface area contributed by atoms with Crippen LogP contribution in [0.4, 0.5) is 17.1 Å². The number of rotatable bonds is 5. The third kappa shape index (κ3) is 4.18. The van der Waals surface area contributed by atoms with Crippen molar-refractivity contribution >= 4 is 35.0 Å². The summed E-state index contributed by atoms with van der Waals surface area (Å²) >= 11 is 0. The van der Waals surface area contributed by atoms with Crippen molar-refractivity contribution < 1.29 is 14.5 Å². The summed E-state index contributed by atoms with van der Waals surface area (Å²) in [4.78, 5) is 42.7. The molecule has 0 saturated heterocycles. The average molecular weight is 528 g/mol. The Kier molecular flexibility index (Phi) is 6.11. The summed E-state index contributed by atoms with van der Waals surface area (Å²) in [6, 6.07) is 30.4. The first-order valence-electron chi connectivity index (χ1n) is 12.9. The van der Waals surface area contributed by atoms with Crippen LogP contribution < -0.4 is 9.80 Å². The lowest BCUT2D eigenvalue weighted by atomic mass is 9.93. The third-order valence-corrected chi connectivity index (χ3v) is 7.27. The number of nitro groups is 1. The molecule has 4 aromatic rings. The van der Waals surface area contributed by atoms with Gasteiger partial charge in [0.2, 0.25) is 0 Å². The predicted octanol–water partition coefficient (Wildman–Crippen LogP) is 6.68. The molecule has 2 amide bonds. The minimum Gasteiger partial charge on any atom is -0.295 e. The van der Waals surface area contributed by atoms with Crippen molar-refractivity contribution in [3.63, 3.8) is 0 Å². The number of benzene rings is 4. The summed E-state index contributed by atoms with van der Waals surface area (Å²) in [5, 5.41) is 11.5. The van der Waals surface area contributed by atoms with Crippen LogP contribution in [0.5, 0.6) is 0 Å². The minimum absolute atomic E-state index is 0.0761. The van der Waals surface area contributed by atoms with Gasteiger partial charge in [-0.25, -0.2) is 0 Å². The molecule has 2 aliphatic rings. The Labute approximate surface area is 231 Å². The SMILES string of the molecule is Cc1ccc(N2C(=O)/C(=C/c3cccc([N+](=O)[O-])c3)C3=C2C(=O)N(c2ccc(C)cc2)[C@@H]3c2ccccc2)cc1. The van der Waals surface area contributed by atoms with Crippen LogP contribution in [0.3, 0.4) is 0 Å². The standard InChI is InChI=1S/C33H25N3O4/c1-21-11-15-25(16-12-21)34-30(24-8-4-3-5-9-24)29-28(20-23-7-6-10-27(19-23)36(39)40)32(37)35(31(29)33(34)38)26-17-13-22(2)14-18-26/h3-20,30H,1-2H3/b28-20+/t30-/m1/s1. The van der Waals surface area contributed by atoms with E-state index in [0.717, 1.165) is 16.7 Å². The zero-order valence-corrected chi connectivity index (χ0v) is 21.9. The summed E-state index contributed by atoms with van der Waals surface area (Å²) in [6.45, 7) is 3.94. The third-order valence-electron chi connectivity index (χ3n) is 7.27. The molecule has 7 nitrogen and oxygen atoms in total. The van der Waals surface area contributed by atoms with Crippen LogP contribution >= 0.6 is 0 Å². The highest BCUT2D eigenvalue weighted by Gasteiger charge is 2.52. The van der Waals surface area contributed by atoms with Crippen LogP contribution in [0.2, 0.25) is 0 Å². The van der Waals surface area contributed by atoms with Crippen LogP contribution in [0, 0.1) is 24.0 Å². The average Bonchev–Trinajstić information content (AvgIpc) is 3.41. The maximum atomic E-state index is 14.4. The second-order valence-corrected chi connectivity index (χ2v) is 9.97. The number of hydrogen-bond acceptors (Lipinski definition) is 4. The lowest BCUT2D eigenvalue weighted by Gasteiger charge is -2.30. The summed E-state index contributed by atoms with van der Waals surface area (Å²) in [5.41, 5.74) is 5.86. The number of hydrogen-bond donors (Lipinski definition) is 0. The highest BCUT2D eigenvalue weighted by atomic mass is 16.6. The molecule has 7 heteroatoms. The molecule has 2 heterocycles. The molecule has 0 aromatic heterocycles. The van der Waals surface area contributed by atoms with E-state index in [9.17, 15) is 19.7 Å². The van der Waals surface area contributed by atoms with E-state index in [0.29, 0.717) is 33.8 Å². The van der Waals surface area contributed by atoms with E-state index in [1.807, 2.05) is 92.7 Å². The molecule has 0 bridgehead atoms. The van der Waals surface area contributed by atoms with E-state index in [1.165, 1.54) is 17.0 Å². The number of non-ortho nitro benzene ring substituents is 1. The lowest BCUT2D eigenvalue weighted by Crippen LogP contribution is -2.38. The van der Waals surface area contributed by atoms with Crippen LogP contribution in [-0.2, 0) is 9.59 Å². The van der Waals surface area contributed by atoms with Crippen molar-refractivity contribution in [1.82, 2.24) is 0 Å². The van der Waals surface area contributed by atoms with Gasteiger partial charge in [0.1, 0.15) is 5.70 Å². The van der Waals surface area contributed by atoms with Crippen LogP contribution in [0.25, 0.3) is 6.08 Å². The summed E-state index contributed by atoms with van der Waals surface area (Å²) in [7, 11) is 0. The Morgan fingerprint density at radius 3 is 2.00 bits per heavy atom. The van der Waals surface area contributed by atoms with Crippen molar-refractivity contribution in [2.24, 2.45) is 0 Å². The maximum absolute atomic E-state index is 14.4. The number of carbonyl (C=O) groups is 2. The second kappa shape index (κ2) is 9.78. The van der Waals surface area contributed by atoms with E-state index in [2.05, 4.69) is 0 Å². The molecule has 0 spiro atoms. The van der Waals surface area contributed by atoms with Gasteiger partial charge in [-0.1, -0.05) is 77.9 Å². The number of anilines is 2. The van der Waals surface area contributed by atoms with Gasteiger partial charge < -0.3 is 0 Å². The number of carbonyl (C=O) groups excluding carboxylic acids is 2. The second-order valence-electron chi connectivity index (χ2n) is 9.97. The molecule has 0 radical (unpaired) electrons. The fraction of sp³-hybridized carbons (Fsp3) is 0.0909. The van der Waals surface area contributed by atoms with Gasteiger partial charge in [0, 0.05) is 34.7 Å². The van der Waals surface area contributed by atoms with E-state index < -0.39 is 11.0 Å². The normalized spacial score (nSPS) is 17.6. The minimum atomic E-state index is -0.573. The quantitative estimate of drug-likeness (QED) is 0.165. The van der Waals surface area contributed by atoms with Crippen LogP contribution in [-0.4, -0.2) is 16.7 Å². The number of aryl methyl sites for hydroxylation is 2. The van der Waals surface area contributed by atoms with Gasteiger partial charge in [-0.2, -0.15) is 0 Å². The van der Waals surface area contributed by atoms with Crippen molar-refractivity contribution in [3.8, 4) is 0 Å². The Morgan fingerprint density at radius 2 is 1.38 bits per heavy atom. The zero-order valence-electron chi connectivity index (χ0n) is 21.9. The molecular formula is C33H25N3O4. The van der Waals surface area contributed by atoms with Crippen molar-refractivity contribution in [2.45, 2.75) is 19.9 Å². The summed E-state index contributed by atoms with van der Waals surface area (Å²) in [5.74, 6) is -0.637. The van der Waals surface area contributed by atoms with Crippen LogP contribution in [0.1, 0.15) is 28.3 Å². The molecular weight excluding hydrogens is 502 g/mol. The molecule has 0 N–H and O–H groups in total. The Hall–Kier alpha value is -5.30. The Balaban J connectivity index is 1.60. The Morgan fingerprint density at radius 1 is 0.750 bits per heavy atom. The van der Waals surface area contributed by atoms with Gasteiger partial charge >= 0.3 is 0 Å². The highest BCUT2D eigenvalue weighted by molar-refractivity contribution is 6.29. The molecule has 4 aromatic carbocycles. The molecule has 1 atom stereocenters. The first-order valence-corrected chi connectivity index (χ1v) is 12.9. The topological polar surface area (TPSA) is 83.8 Å². The summed E-state index contributed by atoms with van der Waals surface area (Å²) < 4.78 is 0. The van der Waals surface area contributed by atoms with E-state index in [-0.39, 0.29) is 17.5 Å². The number of nitro benzene ring substituents is 1. The van der Waals surface area contributed by atoms with E-state index in [1.54, 1.807) is 23.1 Å². The lowest BCUT2D eigenvalue weighted by molar-refractivity contribution is -0.384. The first kappa shape index (κ1) is 25.0. The molecule has 0 aliphatic carbocycles. The number of nitrogens with zero attached hydrogens (tertiary/aromatic N) is 3. The van der Waals surface area contributed by atoms with Gasteiger partial charge in [0.05, 0.1) is 11.0 Å². The highest BCUT2D eigenvalue weighted by Crippen LogP contribution is 2.50. The summed E-state index contributed by atoms with van der Waals surface area (Å²) in [6.07, 6.45) is 1.65. The predicted molar refractivity (Wildman–Crippen MR) is 155 cm³/mol. The molecule has 0 fully saturated rings. The van der Waals surface area contributed by atoms with Gasteiger partial charge in [-0.3, -0.25) is 29.5 Å². The number of amides is 2. The molecule has 6 rings (SSSR count). The van der Waals surface area contributed by atoms with Crippen molar-refractivity contribution in [1.29, 1.82) is 0 Å². The van der Waals surface area contributed by atoms with Gasteiger partial charge in [0.15, 0.2) is 0 Å². The van der Waals surface area contributed by atoms with Crippen molar-refractivity contribution in [2.75, 3.05) is 9.80 Å².